The van der Waals surface area contributed by atoms with Crippen LogP contribution in [0.3, 0.4) is 0 Å². The molecule has 0 aliphatic carbocycles. The van der Waals surface area contributed by atoms with Crippen LogP contribution >= 0.6 is 34.8 Å². The molecule has 35 heavy (non-hydrogen) atoms. The average Bonchev–Trinajstić information content (AvgIpc) is 2.78. The molecule has 2 rings (SSSR count). The molecule has 12 heteroatoms. The molecule has 0 heterocycles. The fraction of sp³-hybridized carbons (Fsp3) is 0.391. The van der Waals surface area contributed by atoms with Gasteiger partial charge in [0.25, 0.3) is 0 Å². The van der Waals surface area contributed by atoms with E-state index in [0.717, 1.165) is 15.5 Å². The molecule has 0 saturated heterocycles. The Balaban J connectivity index is 2.47. The maximum absolute atomic E-state index is 14.4. The number of anilines is 1. The van der Waals surface area contributed by atoms with Crippen molar-refractivity contribution in [1.82, 2.24) is 10.2 Å². The highest BCUT2D eigenvalue weighted by Crippen LogP contribution is 2.35. The van der Waals surface area contributed by atoms with Crippen molar-refractivity contribution in [2.45, 2.75) is 45.8 Å². The predicted octanol–water partition coefficient (Wildman–Crippen LogP) is 4.88. The van der Waals surface area contributed by atoms with Crippen LogP contribution < -0.4 is 9.62 Å². The van der Waals surface area contributed by atoms with Crippen molar-refractivity contribution in [3.05, 3.63) is 62.8 Å². The van der Waals surface area contributed by atoms with Gasteiger partial charge >= 0.3 is 0 Å². The van der Waals surface area contributed by atoms with Gasteiger partial charge in [-0.15, -0.1) is 0 Å². The average molecular weight is 567 g/mol. The normalized spacial score (nSPS) is 13.1. The smallest absolute Gasteiger partial charge is 0.244 e. The van der Waals surface area contributed by atoms with Crippen molar-refractivity contribution in [2.75, 3.05) is 17.1 Å². The van der Waals surface area contributed by atoms with E-state index in [9.17, 15) is 22.4 Å². The fourth-order valence-corrected chi connectivity index (χ4v) is 4.70. The molecule has 0 bridgehead atoms. The number of nitrogens with one attached hydrogen (secondary N) is 1. The standard InChI is InChI=1S/C23H27Cl3FN3O4S/c1-5-14(2)28-23(32)15(3)29(12-16-8-6-7-9-20(16)27)22(31)13-30(35(4,33)34)21-11-18(25)17(24)10-19(21)26/h6-11,14-15H,5,12-13H2,1-4H3,(H,28,32)/t14-,15+/m1/s1. The van der Waals surface area contributed by atoms with Crippen molar-refractivity contribution in [3.63, 3.8) is 0 Å². The lowest BCUT2D eigenvalue weighted by Gasteiger charge is -2.32. The predicted molar refractivity (Wildman–Crippen MR) is 138 cm³/mol. The number of hydrogen-bond donors (Lipinski definition) is 1. The summed E-state index contributed by atoms with van der Waals surface area (Å²) in [5.41, 5.74) is 0.113. The molecule has 192 valence electrons. The number of sulfonamides is 1. The van der Waals surface area contributed by atoms with E-state index in [4.69, 9.17) is 34.8 Å². The first-order valence-electron chi connectivity index (χ1n) is 10.7. The zero-order chi connectivity index (χ0) is 26.5. The van der Waals surface area contributed by atoms with Gasteiger partial charge in [-0.1, -0.05) is 59.9 Å². The van der Waals surface area contributed by atoms with Gasteiger partial charge in [-0.25, -0.2) is 12.8 Å². The summed E-state index contributed by atoms with van der Waals surface area (Å²) in [7, 11) is -4.02. The molecule has 2 aromatic rings. The maximum atomic E-state index is 14.4. The highest BCUT2D eigenvalue weighted by atomic mass is 35.5. The third-order valence-electron chi connectivity index (χ3n) is 5.40. The summed E-state index contributed by atoms with van der Waals surface area (Å²) >= 11 is 18.2. The van der Waals surface area contributed by atoms with Gasteiger partial charge < -0.3 is 10.2 Å². The first kappa shape index (κ1) is 29.2. The lowest BCUT2D eigenvalue weighted by Crippen LogP contribution is -2.52. The number of carbonyl (C=O) groups excluding carboxylic acids is 2. The van der Waals surface area contributed by atoms with Gasteiger partial charge in [0.15, 0.2) is 0 Å². The molecule has 0 radical (unpaired) electrons. The van der Waals surface area contributed by atoms with Gasteiger partial charge in [0.05, 0.1) is 27.0 Å². The Bertz CT molecular complexity index is 1200. The molecule has 7 nitrogen and oxygen atoms in total. The van der Waals surface area contributed by atoms with Crippen LogP contribution in [0.25, 0.3) is 0 Å². The van der Waals surface area contributed by atoms with E-state index in [0.29, 0.717) is 6.42 Å². The molecular formula is C23H27Cl3FN3O4S. The summed E-state index contributed by atoms with van der Waals surface area (Å²) in [5.74, 6) is -1.76. The molecule has 0 fully saturated rings. The molecule has 0 aliphatic heterocycles. The summed E-state index contributed by atoms with van der Waals surface area (Å²) in [6.45, 7) is 4.24. The van der Waals surface area contributed by atoms with E-state index < -0.39 is 40.2 Å². The molecule has 2 aromatic carbocycles. The summed E-state index contributed by atoms with van der Waals surface area (Å²) in [6.07, 6.45) is 1.57. The minimum atomic E-state index is -4.02. The summed E-state index contributed by atoms with van der Waals surface area (Å²) in [4.78, 5) is 27.4. The van der Waals surface area contributed by atoms with E-state index in [1.165, 1.54) is 37.3 Å². The molecule has 0 aliphatic rings. The van der Waals surface area contributed by atoms with E-state index in [2.05, 4.69) is 5.32 Å². The van der Waals surface area contributed by atoms with Crippen LogP contribution in [0.15, 0.2) is 36.4 Å². The first-order chi connectivity index (χ1) is 16.3. The minimum absolute atomic E-state index is 0.0386. The number of halogens is 4. The van der Waals surface area contributed by atoms with E-state index in [1.807, 2.05) is 13.8 Å². The maximum Gasteiger partial charge on any atom is 0.244 e. The lowest BCUT2D eigenvalue weighted by molar-refractivity contribution is -0.139. The Morgan fingerprint density at radius 2 is 1.66 bits per heavy atom. The van der Waals surface area contributed by atoms with Crippen molar-refractivity contribution >= 4 is 62.3 Å². The summed E-state index contributed by atoms with van der Waals surface area (Å²) < 4.78 is 40.4. The molecule has 0 aromatic heterocycles. The molecular weight excluding hydrogens is 540 g/mol. The minimum Gasteiger partial charge on any atom is -0.352 e. The van der Waals surface area contributed by atoms with Crippen molar-refractivity contribution in [2.24, 2.45) is 0 Å². The second-order valence-corrected chi connectivity index (χ2v) is 11.2. The summed E-state index contributed by atoms with van der Waals surface area (Å²) in [6, 6.07) is 7.15. The van der Waals surface area contributed by atoms with Gasteiger partial charge in [-0.2, -0.15) is 0 Å². The van der Waals surface area contributed by atoms with Crippen LogP contribution in [0.2, 0.25) is 15.1 Å². The number of amides is 2. The van der Waals surface area contributed by atoms with Crippen LogP contribution in [0, 0.1) is 5.82 Å². The van der Waals surface area contributed by atoms with Crippen LogP contribution in [0.4, 0.5) is 10.1 Å². The van der Waals surface area contributed by atoms with Crippen LogP contribution in [0.5, 0.6) is 0 Å². The third kappa shape index (κ3) is 7.70. The number of carbonyl (C=O) groups is 2. The fourth-order valence-electron chi connectivity index (χ4n) is 3.16. The Morgan fingerprint density at radius 1 is 1.06 bits per heavy atom. The first-order valence-corrected chi connectivity index (χ1v) is 13.7. The van der Waals surface area contributed by atoms with Gasteiger partial charge in [0, 0.05) is 18.2 Å². The van der Waals surface area contributed by atoms with Crippen molar-refractivity contribution in [3.8, 4) is 0 Å². The van der Waals surface area contributed by atoms with Crippen LogP contribution in [-0.4, -0.2) is 50.0 Å². The highest BCUT2D eigenvalue weighted by molar-refractivity contribution is 7.92. The van der Waals surface area contributed by atoms with Gasteiger partial charge in [-0.3, -0.25) is 13.9 Å². The van der Waals surface area contributed by atoms with Crippen molar-refractivity contribution < 1.29 is 22.4 Å². The third-order valence-corrected chi connectivity index (χ3v) is 7.56. The zero-order valence-electron chi connectivity index (χ0n) is 19.7. The van der Waals surface area contributed by atoms with Gasteiger partial charge in [0.2, 0.25) is 21.8 Å². The second kappa shape index (κ2) is 12.3. The SMILES string of the molecule is CC[C@@H](C)NC(=O)[C@H](C)N(Cc1ccccc1F)C(=O)CN(c1cc(Cl)c(Cl)cc1Cl)S(C)(=O)=O. The van der Waals surface area contributed by atoms with Gasteiger partial charge in [-0.05, 0) is 38.5 Å². The second-order valence-electron chi connectivity index (χ2n) is 8.09. The van der Waals surface area contributed by atoms with E-state index in [1.54, 1.807) is 6.07 Å². The van der Waals surface area contributed by atoms with Crippen LogP contribution in [-0.2, 0) is 26.2 Å². The molecule has 1 N–H and O–H groups in total. The number of rotatable bonds is 10. The Kier molecular flexibility index (Phi) is 10.2. The molecule has 0 spiro atoms. The summed E-state index contributed by atoms with van der Waals surface area (Å²) in [5, 5.41) is 2.90. The zero-order valence-corrected chi connectivity index (χ0v) is 22.8. The van der Waals surface area contributed by atoms with Crippen LogP contribution in [0.1, 0.15) is 32.8 Å². The van der Waals surface area contributed by atoms with E-state index >= 15 is 0 Å². The van der Waals surface area contributed by atoms with Crippen molar-refractivity contribution in [1.29, 1.82) is 0 Å². The van der Waals surface area contributed by atoms with E-state index in [-0.39, 0.29) is 38.9 Å². The largest absolute Gasteiger partial charge is 0.352 e. The molecule has 2 atom stereocenters. The molecule has 2 amide bonds. The van der Waals surface area contributed by atoms with Gasteiger partial charge in [0.1, 0.15) is 18.4 Å². The Hall–Kier alpha value is -2.07. The number of hydrogen-bond acceptors (Lipinski definition) is 4. The molecule has 0 unspecified atom stereocenters. The quantitative estimate of drug-likeness (QED) is 0.415. The molecule has 0 saturated carbocycles. The monoisotopic (exact) mass is 565 g/mol. The number of benzene rings is 2. The Morgan fingerprint density at radius 3 is 2.23 bits per heavy atom. The lowest BCUT2D eigenvalue weighted by atomic mass is 10.1. The number of nitrogens with zero attached hydrogens (tertiary/aromatic N) is 2. The topological polar surface area (TPSA) is 86.8 Å². The Labute approximate surface area is 220 Å². The highest BCUT2D eigenvalue weighted by Gasteiger charge is 2.31.